The first-order valence-corrected chi connectivity index (χ1v) is 6.44. The van der Waals surface area contributed by atoms with Crippen molar-refractivity contribution in [1.82, 2.24) is 10.6 Å². The maximum atomic E-state index is 11.7. The van der Waals surface area contributed by atoms with Crippen LogP contribution in [0.4, 0.5) is 0 Å². The van der Waals surface area contributed by atoms with Crippen LogP contribution in [0.25, 0.3) is 0 Å². The minimum atomic E-state index is -0.513. The van der Waals surface area contributed by atoms with Gasteiger partial charge in [-0.15, -0.1) is 0 Å². The summed E-state index contributed by atoms with van der Waals surface area (Å²) >= 11 is 0. The number of nitrogens with one attached hydrogen (secondary N) is 2. The molecule has 0 aliphatic heterocycles. The van der Waals surface area contributed by atoms with Crippen molar-refractivity contribution in [1.29, 1.82) is 0 Å². The molecule has 106 valence electrons. The van der Waals surface area contributed by atoms with Crippen molar-refractivity contribution in [3.05, 3.63) is 0 Å². The molecule has 0 aromatic carbocycles. The Kier molecular flexibility index (Phi) is 6.91. The van der Waals surface area contributed by atoms with E-state index >= 15 is 0 Å². The molecule has 0 heterocycles. The topological polar surface area (TPSA) is 67.4 Å². The van der Waals surface area contributed by atoms with Crippen LogP contribution >= 0.6 is 0 Å². The molecule has 0 rings (SSSR count). The lowest BCUT2D eigenvalue weighted by Crippen LogP contribution is -2.49. The molecule has 18 heavy (non-hydrogen) atoms. The van der Waals surface area contributed by atoms with E-state index in [1.54, 1.807) is 13.8 Å². The lowest BCUT2D eigenvalue weighted by Gasteiger charge is -2.24. The van der Waals surface area contributed by atoms with E-state index in [2.05, 4.69) is 10.6 Å². The molecule has 0 aliphatic carbocycles. The zero-order chi connectivity index (χ0) is 14.3. The standard InChI is InChI=1S/C13H26N2O3/c1-7-8-14-11(16)9(2)15-10(3)12(17)18-13(4,5)6/h9-10,15H,7-8H2,1-6H3,(H,14,16). The summed E-state index contributed by atoms with van der Waals surface area (Å²) in [5, 5.41) is 5.70. The maximum absolute atomic E-state index is 11.7. The van der Waals surface area contributed by atoms with Crippen molar-refractivity contribution in [2.75, 3.05) is 6.54 Å². The van der Waals surface area contributed by atoms with Crippen LogP contribution in [0.2, 0.25) is 0 Å². The Morgan fingerprint density at radius 3 is 2.17 bits per heavy atom. The highest BCUT2D eigenvalue weighted by molar-refractivity contribution is 5.83. The number of esters is 1. The highest BCUT2D eigenvalue weighted by Gasteiger charge is 2.24. The molecule has 1 amide bonds. The summed E-state index contributed by atoms with van der Waals surface area (Å²) in [6.07, 6.45) is 0.889. The Hall–Kier alpha value is -1.10. The van der Waals surface area contributed by atoms with Crippen molar-refractivity contribution in [2.24, 2.45) is 0 Å². The molecule has 0 aromatic rings. The first-order chi connectivity index (χ1) is 8.17. The summed E-state index contributed by atoms with van der Waals surface area (Å²) in [4.78, 5) is 23.3. The number of carbonyl (C=O) groups is 2. The molecule has 0 aliphatic rings. The van der Waals surface area contributed by atoms with Gasteiger partial charge in [-0.05, 0) is 41.0 Å². The first-order valence-electron chi connectivity index (χ1n) is 6.44. The number of carbonyl (C=O) groups excluding carboxylic acids is 2. The fourth-order valence-corrected chi connectivity index (χ4v) is 1.31. The third-order valence-corrected chi connectivity index (χ3v) is 2.20. The van der Waals surface area contributed by atoms with Crippen LogP contribution in [0.3, 0.4) is 0 Å². The Morgan fingerprint density at radius 2 is 1.72 bits per heavy atom. The fraction of sp³-hybridized carbons (Fsp3) is 0.846. The van der Waals surface area contributed by atoms with Gasteiger partial charge in [0.2, 0.25) is 5.91 Å². The number of hydrogen-bond acceptors (Lipinski definition) is 4. The largest absolute Gasteiger partial charge is 0.459 e. The SMILES string of the molecule is CCCNC(=O)C(C)NC(C)C(=O)OC(C)(C)C. The molecule has 0 saturated carbocycles. The molecule has 2 atom stereocenters. The molecule has 0 aromatic heterocycles. The number of rotatable bonds is 6. The van der Waals surface area contributed by atoms with Crippen LogP contribution in [0.5, 0.6) is 0 Å². The van der Waals surface area contributed by atoms with Gasteiger partial charge < -0.3 is 10.1 Å². The fourth-order valence-electron chi connectivity index (χ4n) is 1.31. The van der Waals surface area contributed by atoms with Gasteiger partial charge in [-0.3, -0.25) is 14.9 Å². The molecule has 0 saturated heterocycles. The van der Waals surface area contributed by atoms with Gasteiger partial charge in [-0.25, -0.2) is 0 Å². The van der Waals surface area contributed by atoms with Crippen molar-refractivity contribution in [3.8, 4) is 0 Å². The van der Waals surface area contributed by atoms with Gasteiger partial charge >= 0.3 is 5.97 Å². The van der Waals surface area contributed by atoms with Gasteiger partial charge in [-0.1, -0.05) is 6.92 Å². The number of ether oxygens (including phenoxy) is 1. The average molecular weight is 258 g/mol. The molecule has 0 spiro atoms. The quantitative estimate of drug-likeness (QED) is 0.703. The second kappa shape index (κ2) is 7.36. The third-order valence-electron chi connectivity index (χ3n) is 2.20. The molecule has 0 fully saturated rings. The van der Waals surface area contributed by atoms with E-state index < -0.39 is 17.7 Å². The summed E-state index contributed by atoms with van der Waals surface area (Å²) in [6.45, 7) is 11.5. The lowest BCUT2D eigenvalue weighted by atomic mass is 10.2. The van der Waals surface area contributed by atoms with Gasteiger partial charge in [0.15, 0.2) is 0 Å². The molecular formula is C13H26N2O3. The van der Waals surface area contributed by atoms with Crippen molar-refractivity contribution < 1.29 is 14.3 Å². The van der Waals surface area contributed by atoms with Crippen LogP contribution < -0.4 is 10.6 Å². The van der Waals surface area contributed by atoms with Gasteiger partial charge in [-0.2, -0.15) is 0 Å². The maximum Gasteiger partial charge on any atom is 0.323 e. The molecule has 0 bridgehead atoms. The van der Waals surface area contributed by atoms with Crippen molar-refractivity contribution >= 4 is 11.9 Å². The van der Waals surface area contributed by atoms with Crippen molar-refractivity contribution in [2.45, 2.75) is 65.6 Å². The number of hydrogen-bond donors (Lipinski definition) is 2. The molecule has 2 unspecified atom stereocenters. The van der Waals surface area contributed by atoms with Crippen LogP contribution in [0.1, 0.15) is 48.0 Å². The highest BCUT2D eigenvalue weighted by atomic mass is 16.6. The van der Waals surface area contributed by atoms with E-state index in [0.29, 0.717) is 6.54 Å². The van der Waals surface area contributed by atoms with Gasteiger partial charge in [0, 0.05) is 6.54 Å². The Morgan fingerprint density at radius 1 is 1.17 bits per heavy atom. The van der Waals surface area contributed by atoms with Crippen LogP contribution in [-0.2, 0) is 14.3 Å². The second-order valence-corrected chi connectivity index (χ2v) is 5.43. The van der Waals surface area contributed by atoms with E-state index in [4.69, 9.17) is 4.74 Å². The summed E-state index contributed by atoms with van der Waals surface area (Å²) in [7, 11) is 0. The first kappa shape index (κ1) is 16.9. The predicted molar refractivity (Wildman–Crippen MR) is 71.2 cm³/mol. The summed E-state index contributed by atoms with van der Waals surface area (Å²) in [6, 6.07) is -0.925. The molecular weight excluding hydrogens is 232 g/mol. The van der Waals surface area contributed by atoms with Gasteiger partial charge in [0.05, 0.1) is 6.04 Å². The Balaban J connectivity index is 4.18. The number of amides is 1. The molecule has 5 heteroatoms. The zero-order valence-electron chi connectivity index (χ0n) is 12.3. The molecule has 0 radical (unpaired) electrons. The summed E-state index contributed by atoms with van der Waals surface area (Å²) < 4.78 is 5.23. The van der Waals surface area contributed by atoms with Crippen molar-refractivity contribution in [3.63, 3.8) is 0 Å². The smallest absolute Gasteiger partial charge is 0.323 e. The van der Waals surface area contributed by atoms with E-state index in [1.807, 2.05) is 27.7 Å². The van der Waals surface area contributed by atoms with Crippen LogP contribution in [-0.4, -0.2) is 36.1 Å². The van der Waals surface area contributed by atoms with Gasteiger partial charge in [0.1, 0.15) is 11.6 Å². The minimum Gasteiger partial charge on any atom is -0.459 e. The normalized spacial score (nSPS) is 14.8. The highest BCUT2D eigenvalue weighted by Crippen LogP contribution is 2.08. The summed E-state index contributed by atoms with van der Waals surface area (Å²) in [5.41, 5.74) is -0.513. The van der Waals surface area contributed by atoms with E-state index in [-0.39, 0.29) is 11.9 Å². The minimum absolute atomic E-state index is 0.104. The average Bonchev–Trinajstić information content (AvgIpc) is 2.23. The van der Waals surface area contributed by atoms with Gasteiger partial charge in [0.25, 0.3) is 0 Å². The van der Waals surface area contributed by atoms with E-state index in [1.165, 1.54) is 0 Å². The van der Waals surface area contributed by atoms with Crippen LogP contribution in [0, 0.1) is 0 Å². The molecule has 5 nitrogen and oxygen atoms in total. The van der Waals surface area contributed by atoms with E-state index in [9.17, 15) is 9.59 Å². The van der Waals surface area contributed by atoms with Crippen LogP contribution in [0.15, 0.2) is 0 Å². The third kappa shape index (κ3) is 7.27. The Bertz CT molecular complexity index is 284. The predicted octanol–water partition coefficient (Wildman–Crippen LogP) is 1.22. The monoisotopic (exact) mass is 258 g/mol. The second-order valence-electron chi connectivity index (χ2n) is 5.43. The lowest BCUT2D eigenvalue weighted by molar-refractivity contribution is -0.157. The molecule has 2 N–H and O–H groups in total. The summed E-state index contributed by atoms with van der Waals surface area (Å²) in [5.74, 6) is -0.454. The van der Waals surface area contributed by atoms with E-state index in [0.717, 1.165) is 6.42 Å². The zero-order valence-corrected chi connectivity index (χ0v) is 12.3. The Labute approximate surface area is 110 Å².